The van der Waals surface area contributed by atoms with Crippen LogP contribution in [0, 0.1) is 5.82 Å². The summed E-state index contributed by atoms with van der Waals surface area (Å²) >= 11 is 0. The summed E-state index contributed by atoms with van der Waals surface area (Å²) in [5.41, 5.74) is 0.669. The number of rotatable bonds is 2. The Morgan fingerprint density at radius 1 is 1.35 bits per heavy atom. The zero-order valence-electron chi connectivity index (χ0n) is 11.7. The molecule has 0 radical (unpaired) electrons. The molecule has 2 amide bonds. The first-order valence-corrected chi connectivity index (χ1v) is 6.25. The molecule has 2 rings (SSSR count). The molecule has 1 aliphatic rings. The molecule has 1 heterocycles. The average molecular weight is 280 g/mol. The highest BCUT2D eigenvalue weighted by molar-refractivity contribution is 5.86. The molecule has 0 aromatic heterocycles. The van der Waals surface area contributed by atoms with Crippen molar-refractivity contribution in [3.05, 3.63) is 35.6 Å². The summed E-state index contributed by atoms with van der Waals surface area (Å²) < 4.78 is 18.4. The van der Waals surface area contributed by atoms with E-state index in [2.05, 4.69) is 0 Å². The van der Waals surface area contributed by atoms with Crippen molar-refractivity contribution in [1.82, 2.24) is 9.80 Å². The summed E-state index contributed by atoms with van der Waals surface area (Å²) in [6.07, 6.45) is -0.779. The number of nitrogens with zero attached hydrogens (tertiary/aromatic N) is 2. The van der Waals surface area contributed by atoms with Gasteiger partial charge in [0, 0.05) is 21.1 Å². The lowest BCUT2D eigenvalue weighted by atomic mass is 9.97. The van der Waals surface area contributed by atoms with E-state index in [0.717, 1.165) is 0 Å². The van der Waals surface area contributed by atoms with Crippen LogP contribution in [0.15, 0.2) is 24.3 Å². The van der Waals surface area contributed by atoms with Crippen LogP contribution in [0.5, 0.6) is 0 Å². The second kappa shape index (κ2) is 5.58. The topological polar surface area (TPSA) is 49.9 Å². The third-order valence-corrected chi connectivity index (χ3v) is 3.38. The lowest BCUT2D eigenvalue weighted by Crippen LogP contribution is -2.52. The van der Waals surface area contributed by atoms with Gasteiger partial charge in [-0.1, -0.05) is 12.1 Å². The standard InChI is InChI=1S/C14H17FN2O3/c1-16(2)14(19)13-12(17(3)11(18)8-20-13)9-4-6-10(15)7-5-9/h4-7,12-13H,8H2,1-3H3/t12-,13+/m0/s1. The van der Waals surface area contributed by atoms with Gasteiger partial charge in [0.2, 0.25) is 5.91 Å². The molecule has 0 aliphatic carbocycles. The van der Waals surface area contributed by atoms with Crippen LogP contribution in [-0.4, -0.2) is 55.5 Å². The van der Waals surface area contributed by atoms with E-state index >= 15 is 0 Å². The number of halogens is 1. The monoisotopic (exact) mass is 280 g/mol. The predicted octanol–water partition coefficient (Wildman–Crippen LogP) is 0.812. The van der Waals surface area contributed by atoms with Crippen molar-refractivity contribution < 1.29 is 18.7 Å². The molecule has 108 valence electrons. The maximum Gasteiger partial charge on any atom is 0.253 e. The van der Waals surface area contributed by atoms with Gasteiger partial charge in [0.05, 0.1) is 6.04 Å². The van der Waals surface area contributed by atoms with E-state index in [1.165, 1.54) is 21.9 Å². The van der Waals surface area contributed by atoms with E-state index in [1.807, 2.05) is 0 Å². The summed E-state index contributed by atoms with van der Waals surface area (Å²) in [6.45, 7) is -0.127. The minimum atomic E-state index is -0.779. The van der Waals surface area contributed by atoms with Gasteiger partial charge in [0.1, 0.15) is 12.4 Å². The fraction of sp³-hybridized carbons (Fsp3) is 0.429. The van der Waals surface area contributed by atoms with Gasteiger partial charge in [-0.2, -0.15) is 0 Å². The predicted molar refractivity (Wildman–Crippen MR) is 70.3 cm³/mol. The molecular weight excluding hydrogens is 263 g/mol. The highest BCUT2D eigenvalue weighted by atomic mass is 19.1. The zero-order valence-corrected chi connectivity index (χ0v) is 11.7. The summed E-state index contributed by atoms with van der Waals surface area (Å²) in [5.74, 6) is -0.796. The lowest BCUT2D eigenvalue weighted by Gasteiger charge is -2.39. The smallest absolute Gasteiger partial charge is 0.253 e. The quantitative estimate of drug-likeness (QED) is 0.805. The van der Waals surface area contributed by atoms with E-state index in [0.29, 0.717) is 5.56 Å². The Balaban J connectivity index is 2.37. The molecule has 1 aromatic rings. The molecule has 5 nitrogen and oxygen atoms in total. The maximum atomic E-state index is 13.0. The van der Waals surface area contributed by atoms with Gasteiger partial charge < -0.3 is 14.5 Å². The molecule has 1 aromatic carbocycles. The van der Waals surface area contributed by atoms with Gasteiger partial charge in [-0.05, 0) is 17.7 Å². The molecule has 0 spiro atoms. The van der Waals surface area contributed by atoms with Gasteiger partial charge >= 0.3 is 0 Å². The number of hydrogen-bond acceptors (Lipinski definition) is 3. The number of carbonyl (C=O) groups is 2. The van der Waals surface area contributed by atoms with Gasteiger partial charge in [0.15, 0.2) is 6.10 Å². The normalized spacial score (nSPS) is 22.8. The Morgan fingerprint density at radius 2 is 1.95 bits per heavy atom. The molecule has 0 unspecified atom stereocenters. The number of morpholine rings is 1. The lowest BCUT2D eigenvalue weighted by molar-refractivity contribution is -0.166. The molecule has 1 aliphatic heterocycles. The van der Waals surface area contributed by atoms with Crippen molar-refractivity contribution in [2.24, 2.45) is 0 Å². The number of amides is 2. The second-order valence-corrected chi connectivity index (χ2v) is 4.97. The maximum absolute atomic E-state index is 13.0. The van der Waals surface area contributed by atoms with E-state index in [4.69, 9.17) is 4.74 Å². The van der Waals surface area contributed by atoms with E-state index in [1.54, 1.807) is 33.3 Å². The van der Waals surface area contributed by atoms with Gasteiger partial charge in [-0.15, -0.1) is 0 Å². The Morgan fingerprint density at radius 3 is 2.50 bits per heavy atom. The van der Waals surface area contributed by atoms with Crippen molar-refractivity contribution in [1.29, 1.82) is 0 Å². The molecule has 0 N–H and O–H groups in total. The average Bonchev–Trinajstić information content (AvgIpc) is 2.42. The minimum absolute atomic E-state index is 0.127. The largest absolute Gasteiger partial charge is 0.356 e. The highest BCUT2D eigenvalue weighted by Gasteiger charge is 2.40. The van der Waals surface area contributed by atoms with E-state index in [9.17, 15) is 14.0 Å². The molecular formula is C14H17FN2O3. The van der Waals surface area contributed by atoms with Crippen LogP contribution in [-0.2, 0) is 14.3 Å². The van der Waals surface area contributed by atoms with Crippen LogP contribution < -0.4 is 0 Å². The summed E-state index contributed by atoms with van der Waals surface area (Å²) in [6, 6.07) is 5.19. The van der Waals surface area contributed by atoms with Crippen molar-refractivity contribution in [2.45, 2.75) is 12.1 Å². The van der Waals surface area contributed by atoms with Crippen LogP contribution in [0.4, 0.5) is 4.39 Å². The van der Waals surface area contributed by atoms with Crippen molar-refractivity contribution in [3.8, 4) is 0 Å². The molecule has 0 saturated carbocycles. The molecule has 1 fully saturated rings. The van der Waals surface area contributed by atoms with Crippen LogP contribution in [0.25, 0.3) is 0 Å². The first kappa shape index (κ1) is 14.5. The molecule has 2 atom stereocenters. The van der Waals surface area contributed by atoms with Gasteiger partial charge in [0.25, 0.3) is 5.91 Å². The van der Waals surface area contributed by atoms with Crippen molar-refractivity contribution >= 4 is 11.8 Å². The Hall–Kier alpha value is -1.95. The number of benzene rings is 1. The van der Waals surface area contributed by atoms with Gasteiger partial charge in [-0.3, -0.25) is 9.59 Å². The van der Waals surface area contributed by atoms with Crippen molar-refractivity contribution in [3.63, 3.8) is 0 Å². The fourth-order valence-electron chi connectivity index (χ4n) is 2.23. The minimum Gasteiger partial charge on any atom is -0.356 e. The SMILES string of the molecule is CN(C)C(=O)[C@@H]1OCC(=O)N(C)[C@H]1c1ccc(F)cc1. The fourth-order valence-corrected chi connectivity index (χ4v) is 2.23. The number of carbonyl (C=O) groups excluding carboxylic acids is 2. The van der Waals surface area contributed by atoms with E-state index in [-0.39, 0.29) is 24.2 Å². The van der Waals surface area contributed by atoms with Crippen LogP contribution in [0.1, 0.15) is 11.6 Å². The highest BCUT2D eigenvalue weighted by Crippen LogP contribution is 2.29. The third-order valence-electron chi connectivity index (χ3n) is 3.38. The first-order valence-electron chi connectivity index (χ1n) is 6.25. The number of hydrogen-bond donors (Lipinski definition) is 0. The third kappa shape index (κ3) is 2.65. The molecule has 1 saturated heterocycles. The molecule has 20 heavy (non-hydrogen) atoms. The first-order chi connectivity index (χ1) is 9.41. The molecule has 0 bridgehead atoms. The molecule has 6 heteroatoms. The Bertz CT molecular complexity index is 516. The zero-order chi connectivity index (χ0) is 14.9. The second-order valence-electron chi connectivity index (χ2n) is 4.97. The number of likely N-dealkylation sites (N-methyl/N-ethyl adjacent to an activating group) is 2. The Kier molecular flexibility index (Phi) is 4.04. The van der Waals surface area contributed by atoms with Crippen LogP contribution in [0.2, 0.25) is 0 Å². The van der Waals surface area contributed by atoms with E-state index < -0.39 is 12.1 Å². The van der Waals surface area contributed by atoms with Crippen LogP contribution in [0.3, 0.4) is 0 Å². The summed E-state index contributed by atoms with van der Waals surface area (Å²) in [7, 11) is 4.88. The van der Waals surface area contributed by atoms with Gasteiger partial charge in [-0.25, -0.2) is 4.39 Å². The van der Waals surface area contributed by atoms with Crippen LogP contribution >= 0.6 is 0 Å². The number of ether oxygens (including phenoxy) is 1. The summed E-state index contributed by atoms with van der Waals surface area (Å²) in [5, 5.41) is 0. The summed E-state index contributed by atoms with van der Waals surface area (Å²) in [4.78, 5) is 26.9. The Labute approximate surface area is 116 Å². The van der Waals surface area contributed by atoms with Crippen molar-refractivity contribution in [2.75, 3.05) is 27.7 Å².